The van der Waals surface area contributed by atoms with Crippen LogP contribution in [0.2, 0.25) is 0 Å². The molecule has 0 aliphatic carbocycles. The van der Waals surface area contributed by atoms with E-state index in [2.05, 4.69) is 10.6 Å². The van der Waals surface area contributed by atoms with E-state index in [0.717, 1.165) is 6.07 Å². The van der Waals surface area contributed by atoms with Crippen molar-refractivity contribution in [2.75, 3.05) is 26.7 Å². The summed E-state index contributed by atoms with van der Waals surface area (Å²) in [6.07, 6.45) is -4.61. The second kappa shape index (κ2) is 5.52. The highest BCUT2D eigenvalue weighted by Gasteiger charge is 2.47. The van der Waals surface area contributed by atoms with Crippen molar-refractivity contribution < 1.29 is 22.8 Å². The van der Waals surface area contributed by atoms with E-state index >= 15 is 0 Å². The molecule has 0 radical (unpaired) electrons. The summed E-state index contributed by atoms with van der Waals surface area (Å²) in [5, 5.41) is 5.50. The van der Waals surface area contributed by atoms with Crippen LogP contribution < -0.4 is 10.6 Å². The summed E-state index contributed by atoms with van der Waals surface area (Å²) in [5.41, 5.74) is -0.853. The second-order valence-corrected chi connectivity index (χ2v) is 5.71. The first-order chi connectivity index (χ1) is 10.8. The second-order valence-electron chi connectivity index (χ2n) is 5.71. The Kier molecular flexibility index (Phi) is 3.79. The van der Waals surface area contributed by atoms with E-state index in [1.165, 1.54) is 18.0 Å². The third kappa shape index (κ3) is 2.56. The molecule has 0 bridgehead atoms. The number of rotatable bonds is 2. The molecule has 2 aliphatic rings. The molecule has 2 heterocycles. The van der Waals surface area contributed by atoms with Gasteiger partial charge in [-0.1, -0.05) is 12.1 Å². The van der Waals surface area contributed by atoms with Gasteiger partial charge in [-0.25, -0.2) is 0 Å². The SMILES string of the molecule is CNC(=O)CN1C(=O)c2c(cccc2C(F)(F)F)[C@H]2CNC[C@@H]21. The normalized spacial score (nSPS) is 23.5. The molecule has 2 aliphatic heterocycles. The van der Waals surface area contributed by atoms with Crippen LogP contribution in [0.25, 0.3) is 0 Å². The number of carbonyl (C=O) groups excluding carboxylic acids is 2. The quantitative estimate of drug-likeness (QED) is 0.851. The van der Waals surface area contributed by atoms with E-state index < -0.39 is 23.6 Å². The minimum Gasteiger partial charge on any atom is -0.358 e. The van der Waals surface area contributed by atoms with E-state index in [1.54, 1.807) is 6.07 Å². The van der Waals surface area contributed by atoms with Gasteiger partial charge in [-0.15, -0.1) is 0 Å². The minimum atomic E-state index is -4.61. The van der Waals surface area contributed by atoms with Crippen LogP contribution in [0, 0.1) is 0 Å². The topological polar surface area (TPSA) is 61.4 Å². The minimum absolute atomic E-state index is 0.241. The van der Waals surface area contributed by atoms with Gasteiger partial charge in [0.25, 0.3) is 5.91 Å². The number of amides is 2. The number of hydrogen-bond acceptors (Lipinski definition) is 3. The van der Waals surface area contributed by atoms with Crippen LogP contribution in [-0.2, 0) is 11.0 Å². The van der Waals surface area contributed by atoms with Gasteiger partial charge in [-0.3, -0.25) is 9.59 Å². The Balaban J connectivity index is 2.12. The molecule has 0 spiro atoms. The van der Waals surface area contributed by atoms with E-state index in [9.17, 15) is 22.8 Å². The number of nitrogens with one attached hydrogen (secondary N) is 2. The first-order valence-electron chi connectivity index (χ1n) is 7.27. The van der Waals surface area contributed by atoms with Crippen molar-refractivity contribution >= 4 is 11.8 Å². The standard InChI is InChI=1S/C15H16F3N3O2/c1-19-12(22)7-21-11-6-20-5-9(11)8-3-2-4-10(15(16,17)18)13(8)14(21)23/h2-4,9,11,20H,5-7H2,1H3,(H,19,22)/t9-,11+/m1/s1. The largest absolute Gasteiger partial charge is 0.417 e. The highest BCUT2D eigenvalue weighted by Crippen LogP contribution is 2.41. The smallest absolute Gasteiger partial charge is 0.358 e. The van der Waals surface area contributed by atoms with Gasteiger partial charge in [0, 0.05) is 26.1 Å². The predicted octanol–water partition coefficient (Wildman–Crippen LogP) is 0.963. The van der Waals surface area contributed by atoms with Crippen LogP contribution in [-0.4, -0.2) is 49.4 Å². The number of carbonyl (C=O) groups is 2. The number of hydrogen-bond donors (Lipinski definition) is 2. The average molecular weight is 327 g/mol. The first kappa shape index (κ1) is 15.8. The van der Waals surface area contributed by atoms with Crippen LogP contribution in [0.15, 0.2) is 18.2 Å². The van der Waals surface area contributed by atoms with Crippen LogP contribution >= 0.6 is 0 Å². The van der Waals surface area contributed by atoms with Crippen molar-refractivity contribution in [3.63, 3.8) is 0 Å². The Morgan fingerprint density at radius 2 is 2.13 bits per heavy atom. The molecule has 1 aromatic rings. The van der Waals surface area contributed by atoms with Crippen LogP contribution in [0.4, 0.5) is 13.2 Å². The predicted molar refractivity (Wildman–Crippen MR) is 75.9 cm³/mol. The molecule has 8 heteroatoms. The van der Waals surface area contributed by atoms with Gasteiger partial charge in [-0.05, 0) is 11.6 Å². The van der Waals surface area contributed by atoms with Gasteiger partial charge in [0.15, 0.2) is 0 Å². The molecule has 0 unspecified atom stereocenters. The third-order valence-corrected chi connectivity index (χ3v) is 4.45. The Morgan fingerprint density at radius 3 is 2.78 bits per heavy atom. The lowest BCUT2D eigenvalue weighted by Gasteiger charge is -2.38. The molecular weight excluding hydrogens is 311 g/mol. The number of halogens is 3. The third-order valence-electron chi connectivity index (χ3n) is 4.45. The molecule has 1 aromatic carbocycles. The fourth-order valence-corrected chi connectivity index (χ4v) is 3.38. The summed E-state index contributed by atoms with van der Waals surface area (Å²) in [7, 11) is 1.43. The van der Waals surface area contributed by atoms with Gasteiger partial charge in [0.05, 0.1) is 17.2 Å². The Morgan fingerprint density at radius 1 is 1.39 bits per heavy atom. The van der Waals surface area contributed by atoms with Crippen LogP contribution in [0.5, 0.6) is 0 Å². The molecule has 3 rings (SSSR count). The van der Waals surface area contributed by atoms with Crippen molar-refractivity contribution in [3.05, 3.63) is 34.9 Å². The number of benzene rings is 1. The zero-order valence-corrected chi connectivity index (χ0v) is 12.4. The zero-order valence-electron chi connectivity index (χ0n) is 12.4. The average Bonchev–Trinajstić information content (AvgIpc) is 2.99. The number of likely N-dealkylation sites (N-methyl/N-ethyl adjacent to an activating group) is 1. The summed E-state index contributed by atoms with van der Waals surface area (Å²) >= 11 is 0. The Hall–Kier alpha value is -2.09. The molecule has 1 saturated heterocycles. The van der Waals surface area contributed by atoms with Gasteiger partial charge in [-0.2, -0.15) is 13.2 Å². The Bertz CT molecular complexity index is 660. The van der Waals surface area contributed by atoms with Crippen LogP contribution in [0.3, 0.4) is 0 Å². The van der Waals surface area contributed by atoms with Crippen molar-refractivity contribution in [2.24, 2.45) is 0 Å². The van der Waals surface area contributed by atoms with Crippen molar-refractivity contribution in [3.8, 4) is 0 Å². The number of nitrogens with zero attached hydrogens (tertiary/aromatic N) is 1. The number of alkyl halides is 3. The summed E-state index contributed by atoms with van der Waals surface area (Å²) < 4.78 is 39.8. The maximum atomic E-state index is 13.3. The lowest BCUT2D eigenvalue weighted by atomic mass is 9.82. The molecule has 0 saturated carbocycles. The monoisotopic (exact) mass is 327 g/mol. The van der Waals surface area contributed by atoms with Crippen molar-refractivity contribution in [2.45, 2.75) is 18.1 Å². The summed E-state index contributed by atoms with van der Waals surface area (Å²) in [5.74, 6) is -1.38. The number of fused-ring (bicyclic) bond motifs is 3. The molecule has 2 atom stereocenters. The fourth-order valence-electron chi connectivity index (χ4n) is 3.38. The van der Waals surface area contributed by atoms with Crippen molar-refractivity contribution in [1.29, 1.82) is 0 Å². The zero-order chi connectivity index (χ0) is 16.8. The van der Waals surface area contributed by atoms with Crippen molar-refractivity contribution in [1.82, 2.24) is 15.5 Å². The van der Waals surface area contributed by atoms with Gasteiger partial charge < -0.3 is 15.5 Å². The lowest BCUT2D eigenvalue weighted by Crippen LogP contribution is -2.52. The summed E-state index contributed by atoms with van der Waals surface area (Å²) in [4.78, 5) is 25.6. The molecule has 2 N–H and O–H groups in total. The van der Waals surface area contributed by atoms with E-state index in [1.807, 2.05) is 0 Å². The maximum Gasteiger partial charge on any atom is 0.417 e. The highest BCUT2D eigenvalue weighted by atomic mass is 19.4. The molecular formula is C15H16F3N3O2. The van der Waals surface area contributed by atoms with Gasteiger partial charge in [0.2, 0.25) is 5.91 Å². The lowest BCUT2D eigenvalue weighted by molar-refractivity contribution is -0.138. The molecule has 23 heavy (non-hydrogen) atoms. The molecule has 124 valence electrons. The Labute approximate surface area is 130 Å². The molecule has 2 amide bonds. The molecule has 5 nitrogen and oxygen atoms in total. The molecule has 0 aromatic heterocycles. The fraction of sp³-hybridized carbons (Fsp3) is 0.467. The van der Waals surface area contributed by atoms with E-state index in [-0.39, 0.29) is 24.1 Å². The first-order valence-corrected chi connectivity index (χ1v) is 7.27. The summed E-state index contributed by atoms with van der Waals surface area (Å²) in [6.45, 7) is 0.698. The van der Waals surface area contributed by atoms with Gasteiger partial charge >= 0.3 is 6.18 Å². The van der Waals surface area contributed by atoms with Gasteiger partial charge in [0.1, 0.15) is 6.54 Å². The molecule has 1 fully saturated rings. The van der Waals surface area contributed by atoms with Crippen LogP contribution in [0.1, 0.15) is 27.4 Å². The maximum absolute atomic E-state index is 13.3. The van der Waals surface area contributed by atoms with E-state index in [0.29, 0.717) is 18.7 Å². The van der Waals surface area contributed by atoms with E-state index in [4.69, 9.17) is 0 Å². The summed E-state index contributed by atoms with van der Waals surface area (Å²) in [6, 6.07) is 3.51. The highest BCUT2D eigenvalue weighted by molar-refractivity contribution is 6.01.